The van der Waals surface area contributed by atoms with Gasteiger partial charge in [0, 0.05) is 0 Å². The van der Waals surface area contributed by atoms with Gasteiger partial charge in [-0.2, -0.15) is 8.42 Å². The second-order valence-electron chi connectivity index (χ2n) is 2.49. The first-order valence-corrected chi connectivity index (χ1v) is 5.32. The zero-order valence-corrected chi connectivity index (χ0v) is 7.76. The molecule has 0 bridgehead atoms. The van der Waals surface area contributed by atoms with Crippen LogP contribution in [-0.4, -0.2) is 18.2 Å². The molecule has 0 aromatic carbocycles. The zero-order chi connectivity index (χ0) is 8.91. The lowest BCUT2D eigenvalue weighted by Gasteiger charge is -2.08. The Morgan fingerprint density at radius 1 is 1.45 bits per heavy atom. The molecule has 67 valence electrons. The first-order valence-electron chi connectivity index (χ1n) is 3.82. The van der Waals surface area contributed by atoms with Crippen LogP contribution in [0.5, 0.6) is 0 Å². The van der Waals surface area contributed by atoms with Crippen molar-refractivity contribution in [2.24, 2.45) is 0 Å². The Hall–Kier alpha value is -0.0900. The van der Waals surface area contributed by atoms with E-state index < -0.39 is 15.4 Å². The minimum atomic E-state index is -3.84. The fourth-order valence-electron chi connectivity index (χ4n) is 0.851. The third-order valence-corrected chi connectivity index (χ3v) is 2.79. The molecule has 0 rings (SSSR count). The van der Waals surface area contributed by atoms with Crippen molar-refractivity contribution in [3.63, 3.8) is 0 Å². The molecule has 0 saturated heterocycles. The normalized spacial score (nSPS) is 14.8. The molecule has 0 aliphatic rings. The van der Waals surface area contributed by atoms with Crippen LogP contribution < -0.4 is 0 Å². The SMILES string of the molecule is CCC[CH]C(CC)S(=O)(=O)O. The van der Waals surface area contributed by atoms with E-state index in [4.69, 9.17) is 4.55 Å². The lowest BCUT2D eigenvalue weighted by Crippen LogP contribution is -2.19. The van der Waals surface area contributed by atoms with E-state index in [2.05, 4.69) is 0 Å². The summed E-state index contributed by atoms with van der Waals surface area (Å²) in [7, 11) is -3.84. The third kappa shape index (κ3) is 4.37. The molecule has 1 unspecified atom stereocenters. The molecule has 1 radical (unpaired) electrons. The quantitative estimate of drug-likeness (QED) is 0.653. The van der Waals surface area contributed by atoms with E-state index in [1.165, 1.54) is 0 Å². The van der Waals surface area contributed by atoms with E-state index in [0.29, 0.717) is 6.42 Å². The summed E-state index contributed by atoms with van der Waals surface area (Å²) in [6.07, 6.45) is 3.73. The van der Waals surface area contributed by atoms with E-state index in [1.54, 1.807) is 13.3 Å². The lowest BCUT2D eigenvalue weighted by molar-refractivity contribution is 0.469. The van der Waals surface area contributed by atoms with Crippen molar-refractivity contribution in [1.82, 2.24) is 0 Å². The molecule has 1 N–H and O–H groups in total. The minimum Gasteiger partial charge on any atom is -0.285 e. The average Bonchev–Trinajstić information content (AvgIpc) is 1.87. The Labute approximate surface area is 68.6 Å². The number of hydrogen-bond acceptors (Lipinski definition) is 2. The molecule has 0 amide bonds. The molecular formula is C7H15O3S. The maximum Gasteiger partial charge on any atom is 0.268 e. The molecule has 0 saturated carbocycles. The lowest BCUT2D eigenvalue weighted by atomic mass is 10.2. The van der Waals surface area contributed by atoms with Crippen LogP contribution in [0.2, 0.25) is 0 Å². The Bertz CT molecular complexity index is 184. The highest BCUT2D eigenvalue weighted by atomic mass is 32.2. The van der Waals surface area contributed by atoms with Crippen molar-refractivity contribution in [1.29, 1.82) is 0 Å². The summed E-state index contributed by atoms with van der Waals surface area (Å²) in [6, 6.07) is 0. The van der Waals surface area contributed by atoms with Gasteiger partial charge < -0.3 is 0 Å². The van der Waals surface area contributed by atoms with Gasteiger partial charge in [-0.25, -0.2) is 0 Å². The monoisotopic (exact) mass is 179 g/mol. The van der Waals surface area contributed by atoms with Crippen molar-refractivity contribution >= 4 is 10.1 Å². The number of unbranched alkanes of at least 4 members (excludes halogenated alkanes) is 1. The minimum absolute atomic E-state index is 0.443. The van der Waals surface area contributed by atoms with Crippen LogP contribution in [-0.2, 0) is 10.1 Å². The van der Waals surface area contributed by atoms with Crippen LogP contribution in [0.3, 0.4) is 0 Å². The van der Waals surface area contributed by atoms with Gasteiger partial charge in [-0.15, -0.1) is 0 Å². The van der Waals surface area contributed by atoms with E-state index in [1.807, 2.05) is 6.92 Å². The predicted molar refractivity (Wildman–Crippen MR) is 44.8 cm³/mol. The Morgan fingerprint density at radius 3 is 2.27 bits per heavy atom. The van der Waals surface area contributed by atoms with Gasteiger partial charge in [0.1, 0.15) is 0 Å². The number of rotatable bonds is 5. The standard InChI is InChI=1S/C7H15O3S/c1-3-5-6-7(4-2)11(8,9)10/h6-7H,3-5H2,1-2H3,(H,8,9,10). The van der Waals surface area contributed by atoms with Crippen molar-refractivity contribution in [2.75, 3.05) is 0 Å². The van der Waals surface area contributed by atoms with E-state index in [9.17, 15) is 8.42 Å². The molecule has 0 fully saturated rings. The van der Waals surface area contributed by atoms with Crippen LogP contribution >= 0.6 is 0 Å². The van der Waals surface area contributed by atoms with Gasteiger partial charge >= 0.3 is 0 Å². The molecule has 3 nitrogen and oxygen atoms in total. The Morgan fingerprint density at radius 2 is 2.00 bits per heavy atom. The first kappa shape index (κ1) is 10.9. The zero-order valence-electron chi connectivity index (χ0n) is 6.95. The van der Waals surface area contributed by atoms with Crippen molar-refractivity contribution in [3.05, 3.63) is 6.42 Å². The van der Waals surface area contributed by atoms with Crippen LogP contribution in [0.1, 0.15) is 33.1 Å². The molecule has 0 aromatic heterocycles. The van der Waals surface area contributed by atoms with Crippen LogP contribution in [0.15, 0.2) is 0 Å². The summed E-state index contributed by atoms with van der Waals surface area (Å²) < 4.78 is 29.8. The van der Waals surface area contributed by atoms with Crippen molar-refractivity contribution < 1.29 is 13.0 Å². The van der Waals surface area contributed by atoms with Gasteiger partial charge in [0.2, 0.25) is 0 Å². The second kappa shape index (κ2) is 4.72. The largest absolute Gasteiger partial charge is 0.285 e. The second-order valence-corrected chi connectivity index (χ2v) is 4.12. The van der Waals surface area contributed by atoms with Gasteiger partial charge in [0.15, 0.2) is 0 Å². The Kier molecular flexibility index (Phi) is 4.68. The van der Waals surface area contributed by atoms with Gasteiger partial charge in [0.05, 0.1) is 5.25 Å². The average molecular weight is 179 g/mol. The van der Waals surface area contributed by atoms with Crippen molar-refractivity contribution in [3.8, 4) is 0 Å². The molecule has 0 aliphatic heterocycles. The van der Waals surface area contributed by atoms with E-state index in [-0.39, 0.29) is 0 Å². The predicted octanol–water partition coefficient (Wildman–Crippen LogP) is 1.66. The Balaban J connectivity index is 3.97. The molecule has 1 atom stereocenters. The maximum absolute atomic E-state index is 10.6. The topological polar surface area (TPSA) is 54.4 Å². The van der Waals surface area contributed by atoms with Gasteiger partial charge in [0.25, 0.3) is 10.1 Å². The van der Waals surface area contributed by atoms with Gasteiger partial charge in [-0.3, -0.25) is 4.55 Å². The number of hydrogen-bond donors (Lipinski definition) is 1. The molecule has 11 heavy (non-hydrogen) atoms. The maximum atomic E-state index is 10.6. The van der Waals surface area contributed by atoms with Gasteiger partial charge in [-0.05, 0) is 19.3 Å². The highest BCUT2D eigenvalue weighted by Gasteiger charge is 2.19. The summed E-state index contributed by atoms with van der Waals surface area (Å²) in [5, 5.41) is -0.678. The molecule has 0 spiro atoms. The fraction of sp³-hybridized carbons (Fsp3) is 0.857. The summed E-state index contributed by atoms with van der Waals surface area (Å²) >= 11 is 0. The summed E-state index contributed by atoms with van der Waals surface area (Å²) in [5.41, 5.74) is 0. The fourth-order valence-corrected chi connectivity index (χ4v) is 1.65. The summed E-state index contributed by atoms with van der Waals surface area (Å²) in [6.45, 7) is 3.71. The van der Waals surface area contributed by atoms with E-state index >= 15 is 0 Å². The van der Waals surface area contributed by atoms with E-state index in [0.717, 1.165) is 12.8 Å². The smallest absolute Gasteiger partial charge is 0.268 e. The molecule has 4 heteroatoms. The molecule has 0 heterocycles. The van der Waals surface area contributed by atoms with Crippen LogP contribution in [0, 0.1) is 6.42 Å². The first-order chi connectivity index (χ1) is 5.02. The van der Waals surface area contributed by atoms with Gasteiger partial charge in [-0.1, -0.05) is 20.3 Å². The molecule has 0 aliphatic carbocycles. The van der Waals surface area contributed by atoms with Crippen LogP contribution in [0.25, 0.3) is 0 Å². The highest BCUT2D eigenvalue weighted by Crippen LogP contribution is 2.10. The summed E-state index contributed by atoms with van der Waals surface area (Å²) in [4.78, 5) is 0. The van der Waals surface area contributed by atoms with Crippen molar-refractivity contribution in [2.45, 2.75) is 38.4 Å². The third-order valence-electron chi connectivity index (χ3n) is 1.50. The summed E-state index contributed by atoms with van der Waals surface area (Å²) in [5.74, 6) is 0. The highest BCUT2D eigenvalue weighted by molar-refractivity contribution is 7.86. The molecule has 0 aromatic rings. The molecular weight excluding hydrogens is 164 g/mol. The van der Waals surface area contributed by atoms with Crippen LogP contribution in [0.4, 0.5) is 0 Å².